The maximum Gasteiger partial charge on any atom is 0.259 e. The van der Waals surface area contributed by atoms with Gasteiger partial charge < -0.3 is 0 Å². The van der Waals surface area contributed by atoms with Crippen LogP contribution in [0.25, 0.3) is 0 Å². The molecule has 0 bridgehead atoms. The fraction of sp³-hybridized carbons (Fsp3) is 0.400. The lowest BCUT2D eigenvalue weighted by atomic mass is 10.2. The number of ketones is 1. The Morgan fingerprint density at radius 3 is 2.59 bits per heavy atom. The molecule has 0 atom stereocenters. The molecule has 0 N–H and O–H groups in total. The molecule has 7 heteroatoms. The number of sulfonamides is 1. The highest BCUT2D eigenvalue weighted by molar-refractivity contribution is 7.94. The molecule has 0 aromatic carbocycles. The number of hydrogen-bond donors (Lipinski definition) is 0. The number of nitrogens with zero attached hydrogens (tertiary/aromatic N) is 1. The van der Waals surface area contributed by atoms with Crippen LogP contribution in [0.15, 0.2) is 17.5 Å². The summed E-state index contributed by atoms with van der Waals surface area (Å²) >= 11 is 1.23. The van der Waals surface area contributed by atoms with Crippen LogP contribution in [-0.4, -0.2) is 35.7 Å². The minimum absolute atomic E-state index is 0.354. The van der Waals surface area contributed by atoms with E-state index in [2.05, 4.69) is 0 Å². The molecule has 0 aliphatic carbocycles. The second kappa shape index (κ2) is 3.64. The van der Waals surface area contributed by atoms with Gasteiger partial charge in [0.2, 0.25) is 0 Å². The van der Waals surface area contributed by atoms with Gasteiger partial charge in [-0.25, -0.2) is 12.7 Å². The first-order valence-electron chi connectivity index (χ1n) is 4.92. The lowest BCUT2D eigenvalue weighted by Gasteiger charge is -2.42. The smallest absolute Gasteiger partial charge is 0.259 e. The van der Waals surface area contributed by atoms with E-state index in [1.54, 1.807) is 17.5 Å². The molecule has 1 aromatic rings. The summed E-state index contributed by atoms with van der Waals surface area (Å²) < 4.78 is 22.7. The van der Waals surface area contributed by atoms with Gasteiger partial charge in [0.05, 0.1) is 4.88 Å². The van der Waals surface area contributed by atoms with Crippen molar-refractivity contribution in [3.8, 4) is 0 Å². The average Bonchev–Trinajstić information content (AvgIpc) is 2.77. The minimum atomic E-state index is -3.67. The Labute approximate surface area is 103 Å². The number of thiophene rings is 1. The minimum Gasteiger partial charge on any atom is -0.291 e. The van der Waals surface area contributed by atoms with Crippen molar-refractivity contribution in [2.45, 2.75) is 18.6 Å². The Morgan fingerprint density at radius 2 is 2.12 bits per heavy atom. The summed E-state index contributed by atoms with van der Waals surface area (Å²) in [6.07, 6.45) is 0. The van der Waals surface area contributed by atoms with Crippen molar-refractivity contribution in [2.24, 2.45) is 0 Å². The Hall–Kier alpha value is -1.21. The lowest BCUT2D eigenvalue weighted by molar-refractivity contribution is -0.131. The van der Waals surface area contributed by atoms with E-state index in [4.69, 9.17) is 0 Å². The maximum atomic E-state index is 11.7. The van der Waals surface area contributed by atoms with Gasteiger partial charge in [-0.1, -0.05) is 6.07 Å². The van der Waals surface area contributed by atoms with Crippen molar-refractivity contribution in [1.82, 2.24) is 4.31 Å². The first-order chi connectivity index (χ1) is 7.78. The van der Waals surface area contributed by atoms with Crippen molar-refractivity contribution in [3.05, 3.63) is 22.4 Å². The Kier molecular flexibility index (Phi) is 2.62. The van der Waals surface area contributed by atoms with Gasteiger partial charge in [-0.2, -0.15) is 0 Å². The average molecular weight is 273 g/mol. The summed E-state index contributed by atoms with van der Waals surface area (Å²) in [6.45, 7) is 2.29. The quantitative estimate of drug-likeness (QED) is 0.766. The van der Waals surface area contributed by atoms with Crippen molar-refractivity contribution < 1.29 is 18.0 Å². The van der Waals surface area contributed by atoms with Crippen LogP contribution >= 0.6 is 11.3 Å². The molecule has 1 aliphatic heterocycles. The molecule has 1 aromatic heterocycles. The molecule has 0 radical (unpaired) electrons. The third kappa shape index (κ3) is 1.61. The molecule has 2 rings (SSSR count). The summed E-state index contributed by atoms with van der Waals surface area (Å²) in [5.41, 5.74) is 0. The van der Waals surface area contributed by atoms with Crippen molar-refractivity contribution in [3.63, 3.8) is 0 Å². The number of hydrogen-bond acceptors (Lipinski definition) is 5. The van der Waals surface area contributed by atoms with Crippen LogP contribution in [0.4, 0.5) is 0 Å². The zero-order valence-electron chi connectivity index (χ0n) is 9.34. The third-order valence-electron chi connectivity index (χ3n) is 2.76. The normalized spacial score (nSPS) is 21.1. The standard InChI is InChI=1S/C10H11NO4S2/c1-10(2)9(13)11(17(10,14)15)6-7(12)8-4-3-5-16-8/h3-5H,6H2,1-2H3. The third-order valence-corrected chi connectivity index (χ3v) is 6.01. The van der Waals surface area contributed by atoms with E-state index in [0.717, 1.165) is 0 Å². The van der Waals surface area contributed by atoms with E-state index in [9.17, 15) is 18.0 Å². The number of rotatable bonds is 3. The number of carbonyl (C=O) groups is 2. The van der Waals surface area contributed by atoms with E-state index in [0.29, 0.717) is 9.18 Å². The van der Waals surface area contributed by atoms with E-state index < -0.39 is 27.2 Å². The second-order valence-electron chi connectivity index (χ2n) is 4.23. The topological polar surface area (TPSA) is 71.5 Å². The van der Waals surface area contributed by atoms with Crippen LogP contribution in [0.3, 0.4) is 0 Å². The maximum absolute atomic E-state index is 11.7. The van der Waals surface area contributed by atoms with Gasteiger partial charge in [-0.15, -0.1) is 11.3 Å². The van der Waals surface area contributed by atoms with E-state index in [1.807, 2.05) is 0 Å². The fourth-order valence-electron chi connectivity index (χ4n) is 1.56. The number of Topliss-reactive ketones (excluding diaryl/α,β-unsaturated/α-hetero) is 1. The van der Waals surface area contributed by atoms with Crippen LogP contribution in [0.1, 0.15) is 23.5 Å². The first-order valence-corrected chi connectivity index (χ1v) is 7.24. The summed E-state index contributed by atoms with van der Waals surface area (Å²) in [4.78, 5) is 23.8. The predicted molar refractivity (Wildman–Crippen MR) is 63.4 cm³/mol. The Morgan fingerprint density at radius 1 is 1.47 bits per heavy atom. The zero-order chi connectivity index (χ0) is 12.8. The molecule has 0 saturated carbocycles. The largest absolute Gasteiger partial charge is 0.291 e. The Bertz CT molecular complexity index is 571. The van der Waals surface area contributed by atoms with Gasteiger partial charge in [-0.05, 0) is 25.3 Å². The van der Waals surface area contributed by atoms with Gasteiger partial charge >= 0.3 is 0 Å². The van der Waals surface area contributed by atoms with Crippen molar-refractivity contribution in [1.29, 1.82) is 0 Å². The monoisotopic (exact) mass is 273 g/mol. The summed E-state index contributed by atoms with van der Waals surface area (Å²) in [6, 6.07) is 3.31. The predicted octanol–water partition coefficient (Wildman–Crippen LogP) is 0.881. The first kappa shape index (κ1) is 12.3. The van der Waals surface area contributed by atoms with Gasteiger partial charge in [-0.3, -0.25) is 9.59 Å². The second-order valence-corrected chi connectivity index (χ2v) is 7.59. The van der Waals surface area contributed by atoms with E-state index in [1.165, 1.54) is 25.2 Å². The molecule has 1 aliphatic rings. The van der Waals surface area contributed by atoms with Crippen LogP contribution in [0.2, 0.25) is 0 Å². The Balaban J connectivity index is 2.18. The molecule has 92 valence electrons. The SMILES string of the molecule is CC1(C)C(=O)N(CC(=O)c2cccs2)S1(=O)=O. The summed E-state index contributed by atoms with van der Waals surface area (Å²) in [5.74, 6) is -0.880. The zero-order valence-corrected chi connectivity index (χ0v) is 11.0. The highest BCUT2D eigenvalue weighted by Crippen LogP contribution is 2.34. The molecule has 1 saturated heterocycles. The number of carbonyl (C=O) groups excluding carboxylic acids is 2. The highest BCUT2D eigenvalue weighted by atomic mass is 32.2. The van der Waals surface area contributed by atoms with Gasteiger partial charge in [0.15, 0.2) is 10.5 Å². The van der Waals surface area contributed by atoms with Gasteiger partial charge in [0, 0.05) is 0 Å². The molecule has 0 unspecified atom stereocenters. The molecular weight excluding hydrogens is 262 g/mol. The molecule has 5 nitrogen and oxygen atoms in total. The fourth-order valence-corrected chi connectivity index (χ4v) is 3.70. The summed E-state index contributed by atoms with van der Waals surface area (Å²) in [7, 11) is -3.67. The van der Waals surface area contributed by atoms with E-state index in [-0.39, 0.29) is 5.78 Å². The molecular formula is C10H11NO4S2. The molecule has 1 amide bonds. The lowest BCUT2D eigenvalue weighted by Crippen LogP contribution is -2.68. The molecule has 1 fully saturated rings. The van der Waals surface area contributed by atoms with Gasteiger partial charge in [0.1, 0.15) is 6.54 Å². The van der Waals surface area contributed by atoms with Crippen LogP contribution in [0, 0.1) is 0 Å². The summed E-state index contributed by atoms with van der Waals surface area (Å²) in [5, 5.41) is 1.73. The number of amides is 1. The molecule has 2 heterocycles. The van der Waals surface area contributed by atoms with Crippen LogP contribution in [0.5, 0.6) is 0 Å². The highest BCUT2D eigenvalue weighted by Gasteiger charge is 2.60. The van der Waals surface area contributed by atoms with Crippen LogP contribution in [-0.2, 0) is 14.8 Å². The molecule has 0 spiro atoms. The van der Waals surface area contributed by atoms with Crippen molar-refractivity contribution in [2.75, 3.05) is 6.54 Å². The van der Waals surface area contributed by atoms with Crippen LogP contribution < -0.4 is 0 Å². The van der Waals surface area contributed by atoms with Crippen molar-refractivity contribution >= 4 is 33.1 Å². The van der Waals surface area contributed by atoms with E-state index >= 15 is 0 Å². The van der Waals surface area contributed by atoms with Gasteiger partial charge in [0.25, 0.3) is 15.9 Å². The molecule has 17 heavy (non-hydrogen) atoms.